The predicted octanol–water partition coefficient (Wildman–Crippen LogP) is 1.48. The summed E-state index contributed by atoms with van der Waals surface area (Å²) < 4.78 is 0. The standard InChI is InChI=1S/C18H29N3O/c1-13-3-5-15(6-4-13)10-21-8-7-16(11-21)19-18-9-14(2)17(12-22)20-18/h3-6,14,16-20,22H,7-12H2,1-2H3/t14?,16-,17?,18?/m1/s1. The van der Waals surface area contributed by atoms with E-state index in [9.17, 15) is 5.11 Å². The molecule has 122 valence electrons. The van der Waals surface area contributed by atoms with Crippen molar-refractivity contribution in [3.05, 3.63) is 35.4 Å². The van der Waals surface area contributed by atoms with Crippen LogP contribution in [0.5, 0.6) is 0 Å². The normalized spacial score (nSPS) is 32.7. The van der Waals surface area contributed by atoms with Crippen molar-refractivity contribution in [3.8, 4) is 0 Å². The minimum absolute atomic E-state index is 0.240. The molecule has 2 saturated heterocycles. The van der Waals surface area contributed by atoms with Gasteiger partial charge in [-0.05, 0) is 31.2 Å². The van der Waals surface area contributed by atoms with Crippen LogP contribution >= 0.6 is 0 Å². The molecule has 3 rings (SSSR count). The third-order valence-electron chi connectivity index (χ3n) is 5.14. The van der Waals surface area contributed by atoms with Crippen molar-refractivity contribution in [1.82, 2.24) is 15.5 Å². The highest BCUT2D eigenvalue weighted by Gasteiger charge is 2.32. The van der Waals surface area contributed by atoms with Crippen molar-refractivity contribution >= 4 is 0 Å². The van der Waals surface area contributed by atoms with Gasteiger partial charge in [0.25, 0.3) is 0 Å². The summed E-state index contributed by atoms with van der Waals surface area (Å²) in [5.74, 6) is 0.549. The Kier molecular flexibility index (Phi) is 5.14. The van der Waals surface area contributed by atoms with Crippen LogP contribution in [0.15, 0.2) is 24.3 Å². The van der Waals surface area contributed by atoms with Gasteiger partial charge in [-0.25, -0.2) is 0 Å². The monoisotopic (exact) mass is 303 g/mol. The van der Waals surface area contributed by atoms with Crippen molar-refractivity contribution < 1.29 is 5.11 Å². The number of rotatable bonds is 5. The molecule has 0 spiro atoms. The number of aryl methyl sites for hydroxylation is 1. The molecule has 4 heteroatoms. The van der Waals surface area contributed by atoms with Gasteiger partial charge in [0.2, 0.25) is 0 Å². The van der Waals surface area contributed by atoms with Gasteiger partial charge in [0.15, 0.2) is 0 Å². The molecule has 3 unspecified atom stereocenters. The topological polar surface area (TPSA) is 47.5 Å². The van der Waals surface area contributed by atoms with Gasteiger partial charge in [0, 0.05) is 31.7 Å². The average molecular weight is 303 g/mol. The molecule has 0 aromatic heterocycles. The van der Waals surface area contributed by atoms with Crippen molar-refractivity contribution in [2.24, 2.45) is 5.92 Å². The van der Waals surface area contributed by atoms with Crippen molar-refractivity contribution in [2.75, 3.05) is 19.7 Å². The molecule has 3 N–H and O–H groups in total. The number of aliphatic hydroxyl groups is 1. The van der Waals surface area contributed by atoms with Crippen LogP contribution in [0.3, 0.4) is 0 Å². The van der Waals surface area contributed by atoms with Gasteiger partial charge in [0.1, 0.15) is 0 Å². The van der Waals surface area contributed by atoms with Crippen LogP contribution in [0.25, 0.3) is 0 Å². The number of aliphatic hydroxyl groups excluding tert-OH is 1. The fraction of sp³-hybridized carbons (Fsp3) is 0.667. The first-order valence-electron chi connectivity index (χ1n) is 8.55. The fourth-order valence-electron chi connectivity index (χ4n) is 3.72. The molecule has 0 bridgehead atoms. The van der Waals surface area contributed by atoms with Crippen LogP contribution in [0.2, 0.25) is 0 Å². The molecule has 2 fully saturated rings. The van der Waals surface area contributed by atoms with E-state index in [4.69, 9.17) is 0 Å². The summed E-state index contributed by atoms with van der Waals surface area (Å²) in [6, 6.07) is 9.68. The zero-order valence-corrected chi connectivity index (χ0v) is 13.8. The molecule has 1 aromatic rings. The summed E-state index contributed by atoms with van der Waals surface area (Å²) in [6.45, 7) is 7.92. The predicted molar refractivity (Wildman–Crippen MR) is 89.6 cm³/mol. The van der Waals surface area contributed by atoms with E-state index < -0.39 is 0 Å². The maximum atomic E-state index is 9.34. The maximum Gasteiger partial charge on any atom is 0.0587 e. The van der Waals surface area contributed by atoms with E-state index in [-0.39, 0.29) is 12.6 Å². The van der Waals surface area contributed by atoms with Gasteiger partial charge in [-0.3, -0.25) is 15.5 Å². The summed E-state index contributed by atoms with van der Waals surface area (Å²) >= 11 is 0. The minimum atomic E-state index is 0.240. The second-order valence-corrected chi connectivity index (χ2v) is 7.09. The van der Waals surface area contributed by atoms with Crippen LogP contribution in [0.4, 0.5) is 0 Å². The molecule has 2 aliphatic rings. The Morgan fingerprint density at radius 3 is 2.77 bits per heavy atom. The summed E-state index contributed by atoms with van der Waals surface area (Å²) in [6.07, 6.45) is 2.68. The summed E-state index contributed by atoms with van der Waals surface area (Å²) in [7, 11) is 0. The number of hydrogen-bond donors (Lipinski definition) is 3. The molecular formula is C18H29N3O. The highest BCUT2D eigenvalue weighted by Crippen LogP contribution is 2.20. The first kappa shape index (κ1) is 15.9. The van der Waals surface area contributed by atoms with E-state index >= 15 is 0 Å². The highest BCUT2D eigenvalue weighted by atomic mass is 16.3. The lowest BCUT2D eigenvalue weighted by atomic mass is 10.0. The number of hydrogen-bond acceptors (Lipinski definition) is 4. The van der Waals surface area contributed by atoms with Crippen LogP contribution in [0, 0.1) is 12.8 Å². The quantitative estimate of drug-likeness (QED) is 0.771. The third-order valence-corrected chi connectivity index (χ3v) is 5.14. The van der Waals surface area contributed by atoms with Crippen molar-refractivity contribution in [1.29, 1.82) is 0 Å². The number of likely N-dealkylation sites (tertiary alicyclic amines) is 1. The maximum absolute atomic E-state index is 9.34. The van der Waals surface area contributed by atoms with Crippen LogP contribution in [0.1, 0.15) is 30.9 Å². The van der Waals surface area contributed by atoms with E-state index in [1.165, 1.54) is 17.5 Å². The Bertz CT molecular complexity index is 476. The molecule has 1 aromatic carbocycles. The zero-order chi connectivity index (χ0) is 15.5. The first-order valence-corrected chi connectivity index (χ1v) is 8.55. The third kappa shape index (κ3) is 3.87. The van der Waals surface area contributed by atoms with Gasteiger partial charge in [0.05, 0.1) is 12.8 Å². The van der Waals surface area contributed by atoms with Gasteiger partial charge >= 0.3 is 0 Å². The Labute approximate surface area is 133 Å². The first-order chi connectivity index (χ1) is 10.6. The summed E-state index contributed by atoms with van der Waals surface area (Å²) in [5, 5.41) is 16.6. The Balaban J connectivity index is 1.45. The highest BCUT2D eigenvalue weighted by molar-refractivity contribution is 5.21. The van der Waals surface area contributed by atoms with E-state index in [1.54, 1.807) is 0 Å². The van der Waals surface area contributed by atoms with Gasteiger partial charge in [-0.15, -0.1) is 0 Å². The fourth-order valence-corrected chi connectivity index (χ4v) is 3.72. The Morgan fingerprint density at radius 1 is 1.32 bits per heavy atom. The zero-order valence-electron chi connectivity index (χ0n) is 13.8. The summed E-state index contributed by atoms with van der Waals surface area (Å²) in [5.41, 5.74) is 2.73. The lowest BCUT2D eigenvalue weighted by Gasteiger charge is -2.21. The molecule has 4 nitrogen and oxygen atoms in total. The van der Waals surface area contributed by atoms with Crippen LogP contribution in [-0.2, 0) is 6.54 Å². The van der Waals surface area contributed by atoms with Crippen molar-refractivity contribution in [3.63, 3.8) is 0 Å². The molecule has 0 radical (unpaired) electrons. The van der Waals surface area contributed by atoms with E-state index in [0.717, 1.165) is 26.1 Å². The van der Waals surface area contributed by atoms with E-state index in [1.807, 2.05) is 0 Å². The number of nitrogens with one attached hydrogen (secondary N) is 2. The second kappa shape index (κ2) is 7.09. The Hall–Kier alpha value is -0.940. The van der Waals surface area contributed by atoms with Crippen LogP contribution in [-0.4, -0.2) is 48.0 Å². The lowest BCUT2D eigenvalue weighted by Crippen LogP contribution is -2.47. The molecule has 0 amide bonds. The average Bonchev–Trinajstić information content (AvgIpc) is 3.08. The minimum Gasteiger partial charge on any atom is -0.395 e. The van der Waals surface area contributed by atoms with Gasteiger partial charge < -0.3 is 5.11 Å². The molecule has 0 aliphatic carbocycles. The molecule has 22 heavy (non-hydrogen) atoms. The van der Waals surface area contributed by atoms with Crippen LogP contribution < -0.4 is 10.6 Å². The SMILES string of the molecule is Cc1ccc(CN2CC[C@@H](NC3CC(C)C(CO)N3)C2)cc1. The summed E-state index contributed by atoms with van der Waals surface area (Å²) in [4.78, 5) is 2.53. The second-order valence-electron chi connectivity index (χ2n) is 7.09. The van der Waals surface area contributed by atoms with E-state index in [0.29, 0.717) is 18.1 Å². The molecular weight excluding hydrogens is 274 g/mol. The molecule has 0 saturated carbocycles. The van der Waals surface area contributed by atoms with Gasteiger partial charge in [-0.1, -0.05) is 36.8 Å². The van der Waals surface area contributed by atoms with Crippen molar-refractivity contribution in [2.45, 2.75) is 51.5 Å². The van der Waals surface area contributed by atoms with Gasteiger partial charge in [-0.2, -0.15) is 0 Å². The molecule has 2 aliphatic heterocycles. The largest absolute Gasteiger partial charge is 0.395 e. The number of nitrogens with zero attached hydrogens (tertiary/aromatic N) is 1. The number of benzene rings is 1. The molecule has 4 atom stereocenters. The van der Waals surface area contributed by atoms with E-state index in [2.05, 4.69) is 53.6 Å². The lowest BCUT2D eigenvalue weighted by molar-refractivity contribution is 0.228. The smallest absolute Gasteiger partial charge is 0.0587 e. The Morgan fingerprint density at radius 2 is 2.09 bits per heavy atom. The molecule has 2 heterocycles.